The van der Waals surface area contributed by atoms with Crippen LogP contribution in [0.1, 0.15) is 47.7 Å². The summed E-state index contributed by atoms with van der Waals surface area (Å²) in [5, 5.41) is 3.78. The van der Waals surface area contributed by atoms with E-state index in [9.17, 15) is 9.59 Å². The Balaban J connectivity index is 1.29. The van der Waals surface area contributed by atoms with E-state index in [1.54, 1.807) is 11.1 Å². The zero-order valence-electron chi connectivity index (χ0n) is 21.5. The molecule has 0 aliphatic carbocycles. The van der Waals surface area contributed by atoms with Crippen LogP contribution in [0.4, 0.5) is 5.95 Å². The van der Waals surface area contributed by atoms with Crippen molar-refractivity contribution in [3.8, 4) is 11.3 Å². The van der Waals surface area contributed by atoms with Gasteiger partial charge in [0.1, 0.15) is 6.54 Å². The maximum atomic E-state index is 13.3. The van der Waals surface area contributed by atoms with E-state index in [0.717, 1.165) is 36.0 Å². The van der Waals surface area contributed by atoms with Crippen molar-refractivity contribution in [2.45, 2.75) is 45.3 Å². The standard InChI is InChI=1S/C29H32ClN5O3/c1-2-12-34(17-20-6-4-3-5-7-20)26(36)19-35-18-22-9-8-21(15-24(22)28(35)37)27-25(30)16-31-29(33-27)32-23-10-13-38-14-11-23/h3-9,15-16,23H,2,10-14,17-19H2,1H3,(H,31,32,33). The van der Waals surface area contributed by atoms with Crippen molar-refractivity contribution in [3.05, 3.63) is 76.4 Å². The molecule has 0 bridgehead atoms. The lowest BCUT2D eigenvalue weighted by Gasteiger charge is -2.25. The molecule has 3 heterocycles. The van der Waals surface area contributed by atoms with Gasteiger partial charge in [-0.15, -0.1) is 0 Å². The largest absolute Gasteiger partial charge is 0.381 e. The van der Waals surface area contributed by atoms with Gasteiger partial charge in [0.05, 0.1) is 16.9 Å². The minimum Gasteiger partial charge on any atom is -0.381 e. The number of hydrogen-bond donors (Lipinski definition) is 1. The quantitative estimate of drug-likeness (QED) is 0.426. The number of ether oxygens (including phenoxy) is 1. The lowest BCUT2D eigenvalue weighted by atomic mass is 10.0. The molecule has 8 nitrogen and oxygen atoms in total. The smallest absolute Gasteiger partial charge is 0.254 e. The Bertz CT molecular complexity index is 1300. The predicted molar refractivity (Wildman–Crippen MR) is 147 cm³/mol. The van der Waals surface area contributed by atoms with Crippen LogP contribution < -0.4 is 5.32 Å². The minimum absolute atomic E-state index is 0.0448. The number of nitrogens with zero attached hydrogens (tertiary/aromatic N) is 4. The van der Waals surface area contributed by atoms with Gasteiger partial charge < -0.3 is 19.9 Å². The zero-order chi connectivity index (χ0) is 26.5. The van der Waals surface area contributed by atoms with Crippen LogP contribution >= 0.6 is 11.6 Å². The van der Waals surface area contributed by atoms with Gasteiger partial charge in [-0.25, -0.2) is 9.97 Å². The van der Waals surface area contributed by atoms with E-state index in [0.29, 0.717) is 55.1 Å². The molecule has 0 radical (unpaired) electrons. The van der Waals surface area contributed by atoms with Crippen LogP contribution in [0.5, 0.6) is 0 Å². The summed E-state index contributed by atoms with van der Waals surface area (Å²) in [5.41, 5.74) is 3.85. The number of rotatable bonds is 9. The van der Waals surface area contributed by atoms with Crippen LogP contribution in [-0.4, -0.2) is 63.9 Å². The highest BCUT2D eigenvalue weighted by molar-refractivity contribution is 6.33. The number of amides is 2. The molecule has 1 aromatic heterocycles. The number of aromatic nitrogens is 2. The van der Waals surface area contributed by atoms with Crippen LogP contribution in [0.2, 0.25) is 5.02 Å². The molecule has 2 aromatic carbocycles. The van der Waals surface area contributed by atoms with E-state index in [1.807, 2.05) is 60.4 Å². The van der Waals surface area contributed by atoms with Gasteiger partial charge in [0.15, 0.2) is 0 Å². The molecule has 5 rings (SSSR count). The number of nitrogens with one attached hydrogen (secondary N) is 1. The Kier molecular flexibility index (Phi) is 8.20. The molecule has 2 aliphatic heterocycles. The fraction of sp³-hybridized carbons (Fsp3) is 0.379. The maximum Gasteiger partial charge on any atom is 0.254 e. The van der Waals surface area contributed by atoms with E-state index < -0.39 is 0 Å². The maximum absolute atomic E-state index is 13.3. The first kappa shape index (κ1) is 26.1. The van der Waals surface area contributed by atoms with Crippen molar-refractivity contribution in [1.29, 1.82) is 0 Å². The lowest BCUT2D eigenvalue weighted by molar-refractivity contribution is -0.132. The van der Waals surface area contributed by atoms with Gasteiger partial charge in [-0.05, 0) is 36.5 Å². The fourth-order valence-corrected chi connectivity index (χ4v) is 5.13. The van der Waals surface area contributed by atoms with Crippen LogP contribution in [0.15, 0.2) is 54.7 Å². The number of anilines is 1. The van der Waals surface area contributed by atoms with Gasteiger partial charge in [0.2, 0.25) is 11.9 Å². The van der Waals surface area contributed by atoms with E-state index in [-0.39, 0.29) is 24.4 Å². The van der Waals surface area contributed by atoms with Crippen molar-refractivity contribution < 1.29 is 14.3 Å². The summed E-state index contributed by atoms with van der Waals surface area (Å²) in [5.74, 6) is 0.293. The van der Waals surface area contributed by atoms with E-state index in [1.165, 1.54) is 0 Å². The minimum atomic E-state index is -0.155. The topological polar surface area (TPSA) is 87.7 Å². The van der Waals surface area contributed by atoms with Gasteiger partial charge in [-0.3, -0.25) is 9.59 Å². The molecule has 1 N–H and O–H groups in total. The Hall–Kier alpha value is -3.49. The van der Waals surface area contributed by atoms with Crippen molar-refractivity contribution in [1.82, 2.24) is 19.8 Å². The number of carbonyl (C=O) groups excluding carboxylic acids is 2. The first-order valence-electron chi connectivity index (χ1n) is 13.1. The number of fused-ring (bicyclic) bond motifs is 1. The fourth-order valence-electron chi connectivity index (χ4n) is 4.93. The van der Waals surface area contributed by atoms with Crippen LogP contribution in [0.3, 0.4) is 0 Å². The Morgan fingerprint density at radius 3 is 2.74 bits per heavy atom. The van der Waals surface area contributed by atoms with Crippen LogP contribution in [0, 0.1) is 0 Å². The Morgan fingerprint density at radius 1 is 1.18 bits per heavy atom. The van der Waals surface area contributed by atoms with E-state index in [2.05, 4.69) is 15.3 Å². The summed E-state index contributed by atoms with van der Waals surface area (Å²) in [6.07, 6.45) is 4.22. The third kappa shape index (κ3) is 5.97. The highest BCUT2D eigenvalue weighted by Crippen LogP contribution is 2.31. The van der Waals surface area contributed by atoms with Crippen molar-refractivity contribution in [2.24, 2.45) is 0 Å². The molecule has 1 saturated heterocycles. The molecule has 0 unspecified atom stereocenters. The zero-order valence-corrected chi connectivity index (χ0v) is 22.3. The molecular weight excluding hydrogens is 502 g/mol. The van der Waals surface area contributed by atoms with Crippen molar-refractivity contribution in [2.75, 3.05) is 31.6 Å². The van der Waals surface area contributed by atoms with Gasteiger partial charge >= 0.3 is 0 Å². The summed E-state index contributed by atoms with van der Waals surface area (Å²) < 4.78 is 5.43. The molecule has 0 saturated carbocycles. The van der Waals surface area contributed by atoms with Gasteiger partial charge in [0.25, 0.3) is 5.91 Å². The summed E-state index contributed by atoms with van der Waals surface area (Å²) in [7, 11) is 0. The number of benzene rings is 2. The average molecular weight is 534 g/mol. The first-order chi connectivity index (χ1) is 18.5. The summed E-state index contributed by atoms with van der Waals surface area (Å²) in [6, 6.07) is 15.8. The number of carbonyl (C=O) groups is 2. The normalized spacial score (nSPS) is 15.4. The molecular formula is C29H32ClN5O3. The Labute approximate surface area is 228 Å². The van der Waals surface area contributed by atoms with E-state index >= 15 is 0 Å². The SMILES string of the molecule is CCCN(Cc1ccccc1)C(=O)CN1Cc2ccc(-c3nc(NC4CCOCC4)ncc3Cl)cc2C1=O. The molecule has 3 aromatic rings. The van der Waals surface area contributed by atoms with Gasteiger partial charge in [-0.2, -0.15) is 0 Å². The number of halogens is 1. The second-order valence-electron chi connectivity index (χ2n) is 9.76. The Morgan fingerprint density at radius 2 is 1.97 bits per heavy atom. The monoisotopic (exact) mass is 533 g/mol. The highest BCUT2D eigenvalue weighted by Gasteiger charge is 2.30. The number of hydrogen-bond acceptors (Lipinski definition) is 6. The first-order valence-corrected chi connectivity index (χ1v) is 13.5. The molecule has 9 heteroatoms. The lowest BCUT2D eigenvalue weighted by Crippen LogP contribution is -2.40. The van der Waals surface area contributed by atoms with Crippen molar-refractivity contribution >= 4 is 29.4 Å². The highest BCUT2D eigenvalue weighted by atomic mass is 35.5. The average Bonchev–Trinajstić information content (AvgIpc) is 3.25. The second-order valence-corrected chi connectivity index (χ2v) is 10.2. The second kappa shape index (κ2) is 11.9. The summed E-state index contributed by atoms with van der Waals surface area (Å²) in [6.45, 7) is 5.10. The molecule has 2 aliphatic rings. The molecule has 38 heavy (non-hydrogen) atoms. The third-order valence-electron chi connectivity index (χ3n) is 6.95. The summed E-state index contributed by atoms with van der Waals surface area (Å²) in [4.78, 5) is 39.0. The van der Waals surface area contributed by atoms with E-state index in [4.69, 9.17) is 16.3 Å². The van der Waals surface area contributed by atoms with Gasteiger partial charge in [0, 0.05) is 50.0 Å². The molecule has 2 amide bonds. The summed E-state index contributed by atoms with van der Waals surface area (Å²) >= 11 is 6.47. The third-order valence-corrected chi connectivity index (χ3v) is 7.23. The molecule has 1 fully saturated rings. The van der Waals surface area contributed by atoms with Crippen molar-refractivity contribution in [3.63, 3.8) is 0 Å². The van der Waals surface area contributed by atoms with Crippen LogP contribution in [-0.2, 0) is 22.6 Å². The van der Waals surface area contributed by atoms with Crippen LogP contribution in [0.25, 0.3) is 11.3 Å². The molecule has 0 spiro atoms. The van der Waals surface area contributed by atoms with Gasteiger partial charge in [-0.1, -0.05) is 61.0 Å². The predicted octanol–water partition coefficient (Wildman–Crippen LogP) is 4.78. The molecule has 0 atom stereocenters. The molecule has 198 valence electrons.